The van der Waals surface area contributed by atoms with Crippen molar-refractivity contribution in [2.75, 3.05) is 17.7 Å². The Bertz CT molecular complexity index is 551. The minimum Gasteiger partial charge on any atom is -0.373 e. The van der Waals surface area contributed by atoms with Gasteiger partial charge in [-0.3, -0.25) is 4.79 Å². The number of carbonyl (C=O) groups excluding carboxylic acids is 1. The van der Waals surface area contributed by atoms with E-state index in [9.17, 15) is 4.79 Å². The number of hydrogen-bond acceptors (Lipinski definition) is 3. The number of fused-ring (bicyclic) bond motifs is 1. The van der Waals surface area contributed by atoms with Gasteiger partial charge in [0, 0.05) is 24.5 Å². The summed E-state index contributed by atoms with van der Waals surface area (Å²) >= 11 is 0. The van der Waals surface area contributed by atoms with Gasteiger partial charge in [-0.2, -0.15) is 0 Å². The molecule has 0 spiro atoms. The summed E-state index contributed by atoms with van der Waals surface area (Å²) in [5, 5.41) is 6.84. The standard InChI is InChI=1S/C13H15N3O/c1-3-13(17)15-10-5-6-11-9(8-10)4-7-12(14-2)16-11/h4-8H,3H2,1-2H3,(H,14,16)(H,15,17). The Morgan fingerprint density at radius 3 is 2.82 bits per heavy atom. The van der Waals surface area contributed by atoms with Crippen LogP contribution in [0.25, 0.3) is 10.9 Å². The van der Waals surface area contributed by atoms with Crippen molar-refractivity contribution in [2.24, 2.45) is 0 Å². The molecule has 0 atom stereocenters. The molecule has 0 aliphatic carbocycles. The number of nitrogens with one attached hydrogen (secondary N) is 2. The van der Waals surface area contributed by atoms with E-state index in [-0.39, 0.29) is 5.91 Å². The quantitative estimate of drug-likeness (QED) is 0.850. The van der Waals surface area contributed by atoms with Crippen LogP contribution in [0.3, 0.4) is 0 Å². The summed E-state index contributed by atoms with van der Waals surface area (Å²) in [6.45, 7) is 1.83. The van der Waals surface area contributed by atoms with Gasteiger partial charge in [-0.05, 0) is 30.3 Å². The zero-order chi connectivity index (χ0) is 12.3. The van der Waals surface area contributed by atoms with Crippen molar-refractivity contribution in [3.63, 3.8) is 0 Å². The molecule has 1 heterocycles. The molecule has 1 amide bonds. The van der Waals surface area contributed by atoms with Crippen molar-refractivity contribution in [1.29, 1.82) is 0 Å². The molecule has 0 bridgehead atoms. The largest absolute Gasteiger partial charge is 0.373 e. The molecule has 1 aromatic carbocycles. The molecule has 2 aromatic rings. The lowest BCUT2D eigenvalue weighted by molar-refractivity contribution is -0.115. The van der Waals surface area contributed by atoms with E-state index in [4.69, 9.17) is 0 Å². The van der Waals surface area contributed by atoms with E-state index in [1.807, 2.05) is 44.3 Å². The molecular weight excluding hydrogens is 214 g/mol. The molecule has 0 unspecified atom stereocenters. The van der Waals surface area contributed by atoms with E-state index in [0.29, 0.717) is 6.42 Å². The number of hydrogen-bond donors (Lipinski definition) is 2. The molecule has 0 saturated heterocycles. The number of aromatic nitrogens is 1. The van der Waals surface area contributed by atoms with E-state index < -0.39 is 0 Å². The molecule has 0 radical (unpaired) electrons. The summed E-state index contributed by atoms with van der Waals surface area (Å²) in [6.07, 6.45) is 0.481. The lowest BCUT2D eigenvalue weighted by Crippen LogP contribution is -2.09. The second-order valence-corrected chi connectivity index (χ2v) is 3.76. The average Bonchev–Trinajstić information content (AvgIpc) is 2.38. The minimum atomic E-state index is 0.0177. The van der Waals surface area contributed by atoms with Crippen molar-refractivity contribution < 1.29 is 4.79 Å². The van der Waals surface area contributed by atoms with Crippen LogP contribution in [0.5, 0.6) is 0 Å². The van der Waals surface area contributed by atoms with E-state index in [1.165, 1.54) is 0 Å². The number of carbonyl (C=O) groups is 1. The van der Waals surface area contributed by atoms with Gasteiger partial charge in [0.25, 0.3) is 0 Å². The van der Waals surface area contributed by atoms with Crippen LogP contribution in [0.4, 0.5) is 11.5 Å². The van der Waals surface area contributed by atoms with Gasteiger partial charge < -0.3 is 10.6 Å². The second-order valence-electron chi connectivity index (χ2n) is 3.76. The van der Waals surface area contributed by atoms with Crippen molar-refractivity contribution in [3.8, 4) is 0 Å². The SMILES string of the molecule is CCC(=O)Nc1ccc2nc(NC)ccc2c1. The average molecular weight is 229 g/mol. The number of amides is 1. The fourth-order valence-electron chi connectivity index (χ4n) is 1.59. The van der Waals surface area contributed by atoms with E-state index in [2.05, 4.69) is 15.6 Å². The smallest absolute Gasteiger partial charge is 0.224 e. The predicted octanol–water partition coefficient (Wildman–Crippen LogP) is 2.63. The van der Waals surface area contributed by atoms with E-state index >= 15 is 0 Å². The van der Waals surface area contributed by atoms with E-state index in [1.54, 1.807) is 0 Å². The number of anilines is 2. The topological polar surface area (TPSA) is 54.0 Å². The summed E-state index contributed by atoms with van der Waals surface area (Å²) in [5.74, 6) is 0.854. The molecule has 4 heteroatoms. The van der Waals surface area contributed by atoms with Crippen molar-refractivity contribution in [3.05, 3.63) is 30.3 Å². The summed E-state index contributed by atoms with van der Waals surface area (Å²) in [4.78, 5) is 15.7. The third kappa shape index (κ3) is 2.53. The first kappa shape index (κ1) is 11.4. The van der Waals surface area contributed by atoms with Crippen LogP contribution in [0.15, 0.2) is 30.3 Å². The lowest BCUT2D eigenvalue weighted by Gasteiger charge is -2.06. The Hall–Kier alpha value is -2.10. The van der Waals surface area contributed by atoms with Crippen LogP contribution in [-0.2, 0) is 4.79 Å². The maximum Gasteiger partial charge on any atom is 0.224 e. The Kier molecular flexibility index (Phi) is 3.23. The highest BCUT2D eigenvalue weighted by atomic mass is 16.1. The monoisotopic (exact) mass is 229 g/mol. The Morgan fingerprint density at radius 2 is 2.12 bits per heavy atom. The fraction of sp³-hybridized carbons (Fsp3) is 0.231. The highest BCUT2D eigenvalue weighted by Crippen LogP contribution is 2.19. The highest BCUT2D eigenvalue weighted by Gasteiger charge is 2.01. The maximum atomic E-state index is 11.3. The van der Waals surface area contributed by atoms with Gasteiger partial charge in [0.1, 0.15) is 5.82 Å². The van der Waals surface area contributed by atoms with Crippen molar-refractivity contribution in [2.45, 2.75) is 13.3 Å². The summed E-state index contributed by atoms with van der Waals surface area (Å²) < 4.78 is 0. The number of rotatable bonds is 3. The van der Waals surface area contributed by atoms with Gasteiger partial charge in [0.05, 0.1) is 5.52 Å². The zero-order valence-electron chi connectivity index (χ0n) is 9.95. The summed E-state index contributed by atoms with van der Waals surface area (Å²) in [6, 6.07) is 9.59. The molecule has 0 fully saturated rings. The van der Waals surface area contributed by atoms with Crippen LogP contribution in [0.1, 0.15) is 13.3 Å². The van der Waals surface area contributed by atoms with Gasteiger partial charge in [0.15, 0.2) is 0 Å². The van der Waals surface area contributed by atoms with Gasteiger partial charge >= 0.3 is 0 Å². The maximum absolute atomic E-state index is 11.3. The molecule has 1 aromatic heterocycles. The van der Waals surface area contributed by atoms with Crippen molar-refractivity contribution in [1.82, 2.24) is 4.98 Å². The van der Waals surface area contributed by atoms with Crippen LogP contribution in [0, 0.1) is 0 Å². The van der Waals surface area contributed by atoms with E-state index in [0.717, 1.165) is 22.4 Å². The normalized spacial score (nSPS) is 10.2. The lowest BCUT2D eigenvalue weighted by atomic mass is 10.2. The molecule has 88 valence electrons. The van der Waals surface area contributed by atoms with Gasteiger partial charge in [-0.1, -0.05) is 6.92 Å². The first-order chi connectivity index (χ1) is 8.22. The van der Waals surface area contributed by atoms with Crippen LogP contribution in [0.2, 0.25) is 0 Å². The third-order valence-corrected chi connectivity index (χ3v) is 2.55. The molecule has 0 saturated carbocycles. The van der Waals surface area contributed by atoms with Gasteiger partial charge in [-0.25, -0.2) is 4.98 Å². The highest BCUT2D eigenvalue weighted by molar-refractivity contribution is 5.93. The van der Waals surface area contributed by atoms with Crippen LogP contribution >= 0.6 is 0 Å². The molecule has 2 N–H and O–H groups in total. The Morgan fingerprint density at radius 1 is 1.29 bits per heavy atom. The Balaban J connectivity index is 2.34. The number of nitrogens with zero attached hydrogens (tertiary/aromatic N) is 1. The summed E-state index contributed by atoms with van der Waals surface area (Å²) in [5.41, 5.74) is 1.72. The third-order valence-electron chi connectivity index (χ3n) is 2.55. The number of pyridine rings is 1. The fourth-order valence-corrected chi connectivity index (χ4v) is 1.59. The second kappa shape index (κ2) is 4.82. The Labute approximate surface area is 100 Å². The van der Waals surface area contributed by atoms with Crippen LogP contribution in [-0.4, -0.2) is 17.9 Å². The van der Waals surface area contributed by atoms with Gasteiger partial charge in [0.2, 0.25) is 5.91 Å². The molecule has 17 heavy (non-hydrogen) atoms. The predicted molar refractivity (Wildman–Crippen MR) is 70.2 cm³/mol. The zero-order valence-corrected chi connectivity index (χ0v) is 9.95. The molecule has 0 aliphatic heterocycles. The first-order valence-corrected chi connectivity index (χ1v) is 5.61. The van der Waals surface area contributed by atoms with Crippen LogP contribution < -0.4 is 10.6 Å². The van der Waals surface area contributed by atoms with Crippen molar-refractivity contribution >= 4 is 28.3 Å². The first-order valence-electron chi connectivity index (χ1n) is 5.61. The molecule has 0 aliphatic rings. The molecule has 2 rings (SSSR count). The molecule has 4 nitrogen and oxygen atoms in total. The number of benzene rings is 1. The minimum absolute atomic E-state index is 0.0177. The molecular formula is C13H15N3O. The van der Waals surface area contributed by atoms with Gasteiger partial charge in [-0.15, -0.1) is 0 Å². The summed E-state index contributed by atoms with van der Waals surface area (Å²) in [7, 11) is 1.84.